The molecule has 0 saturated heterocycles. The van der Waals surface area contributed by atoms with Crippen LogP contribution in [0.4, 0.5) is 5.69 Å². The SMILES string of the molecule is Cc1ccc(C(c2ccc(C)o2)c2cc([N+](=O)[O-])cc(C)c2[O-])o1. The lowest BCUT2D eigenvalue weighted by Crippen LogP contribution is -2.08. The second kappa shape index (κ2) is 5.88. The number of non-ortho nitro benzene ring substituents is 1. The molecule has 0 aliphatic rings. The summed E-state index contributed by atoms with van der Waals surface area (Å²) in [5.74, 6) is 1.52. The second-order valence-electron chi connectivity index (χ2n) is 5.77. The van der Waals surface area contributed by atoms with Gasteiger partial charge in [0.2, 0.25) is 0 Å². The number of hydrogen-bond donors (Lipinski definition) is 0. The maximum absolute atomic E-state index is 12.6. The van der Waals surface area contributed by atoms with Crippen LogP contribution in [0.5, 0.6) is 5.75 Å². The predicted molar refractivity (Wildman–Crippen MR) is 85.1 cm³/mol. The maximum Gasteiger partial charge on any atom is 0.269 e. The van der Waals surface area contributed by atoms with E-state index in [2.05, 4.69) is 0 Å². The van der Waals surface area contributed by atoms with Crippen LogP contribution in [0.25, 0.3) is 0 Å². The average molecular weight is 326 g/mol. The molecule has 0 aliphatic heterocycles. The van der Waals surface area contributed by atoms with Gasteiger partial charge >= 0.3 is 0 Å². The molecule has 6 heteroatoms. The Bertz CT molecular complexity index is 866. The van der Waals surface area contributed by atoms with Crippen molar-refractivity contribution in [2.24, 2.45) is 0 Å². The maximum atomic E-state index is 12.6. The molecule has 0 amide bonds. The fraction of sp³-hybridized carbons (Fsp3) is 0.222. The van der Waals surface area contributed by atoms with Crippen LogP contribution in [0.15, 0.2) is 45.2 Å². The number of hydrogen-bond acceptors (Lipinski definition) is 5. The van der Waals surface area contributed by atoms with E-state index in [1.54, 1.807) is 45.0 Å². The highest BCUT2D eigenvalue weighted by Gasteiger charge is 2.26. The number of benzene rings is 1. The molecule has 1 aromatic carbocycles. The lowest BCUT2D eigenvalue weighted by Gasteiger charge is -2.22. The Labute approximate surface area is 138 Å². The van der Waals surface area contributed by atoms with Gasteiger partial charge in [-0.15, -0.1) is 5.75 Å². The Hall–Kier alpha value is -3.02. The predicted octanol–water partition coefficient (Wildman–Crippen LogP) is 3.96. The van der Waals surface area contributed by atoms with Gasteiger partial charge in [0.1, 0.15) is 23.0 Å². The Morgan fingerprint density at radius 2 is 1.50 bits per heavy atom. The first-order chi connectivity index (χ1) is 11.4. The zero-order chi connectivity index (χ0) is 17.4. The van der Waals surface area contributed by atoms with E-state index in [0.29, 0.717) is 28.6 Å². The van der Waals surface area contributed by atoms with E-state index in [1.165, 1.54) is 12.1 Å². The third kappa shape index (κ3) is 2.78. The van der Waals surface area contributed by atoms with E-state index in [4.69, 9.17) is 8.83 Å². The molecule has 2 heterocycles. The Morgan fingerprint density at radius 3 is 1.92 bits per heavy atom. The summed E-state index contributed by atoms with van der Waals surface area (Å²) in [6, 6.07) is 9.66. The molecule has 0 bridgehead atoms. The summed E-state index contributed by atoms with van der Waals surface area (Å²) in [5, 5.41) is 23.8. The minimum Gasteiger partial charge on any atom is -0.872 e. The lowest BCUT2D eigenvalue weighted by atomic mass is 9.91. The Morgan fingerprint density at radius 1 is 0.958 bits per heavy atom. The van der Waals surface area contributed by atoms with E-state index in [9.17, 15) is 15.2 Å². The Balaban J connectivity index is 2.25. The van der Waals surface area contributed by atoms with Crippen molar-refractivity contribution in [3.8, 4) is 5.75 Å². The van der Waals surface area contributed by atoms with Crippen molar-refractivity contribution in [1.82, 2.24) is 0 Å². The molecule has 0 fully saturated rings. The number of nitro benzene ring substituents is 1. The molecule has 0 N–H and O–H groups in total. The van der Waals surface area contributed by atoms with E-state index in [1.807, 2.05) is 0 Å². The Kier molecular flexibility index (Phi) is 3.89. The average Bonchev–Trinajstić information content (AvgIpc) is 3.12. The number of nitrogens with zero attached hydrogens (tertiary/aromatic N) is 1. The highest BCUT2D eigenvalue weighted by Crippen LogP contribution is 2.40. The molecule has 124 valence electrons. The monoisotopic (exact) mass is 326 g/mol. The molecular formula is C18H16NO5-. The van der Waals surface area contributed by atoms with Crippen molar-refractivity contribution in [2.75, 3.05) is 0 Å². The number of aryl methyl sites for hydroxylation is 3. The van der Waals surface area contributed by atoms with Gasteiger partial charge in [0.05, 0.1) is 10.8 Å². The topological polar surface area (TPSA) is 92.5 Å². The van der Waals surface area contributed by atoms with Crippen molar-refractivity contribution in [1.29, 1.82) is 0 Å². The fourth-order valence-corrected chi connectivity index (χ4v) is 2.77. The van der Waals surface area contributed by atoms with Gasteiger partial charge in [-0.2, -0.15) is 0 Å². The van der Waals surface area contributed by atoms with E-state index in [0.717, 1.165) is 0 Å². The molecule has 24 heavy (non-hydrogen) atoms. The first-order valence-electron chi connectivity index (χ1n) is 7.45. The van der Waals surface area contributed by atoms with Crippen LogP contribution < -0.4 is 5.11 Å². The summed E-state index contributed by atoms with van der Waals surface area (Å²) in [6.07, 6.45) is 0. The van der Waals surface area contributed by atoms with Gasteiger partial charge in [0.15, 0.2) is 0 Å². The van der Waals surface area contributed by atoms with Crippen LogP contribution >= 0.6 is 0 Å². The minimum absolute atomic E-state index is 0.126. The zero-order valence-corrected chi connectivity index (χ0v) is 13.5. The van der Waals surface area contributed by atoms with Crippen LogP contribution in [-0.4, -0.2) is 4.92 Å². The number of furan rings is 2. The van der Waals surface area contributed by atoms with Crippen molar-refractivity contribution < 1.29 is 18.9 Å². The summed E-state index contributed by atoms with van der Waals surface area (Å²) in [5.41, 5.74) is 0.458. The summed E-state index contributed by atoms with van der Waals surface area (Å²) in [6.45, 7) is 5.16. The summed E-state index contributed by atoms with van der Waals surface area (Å²) >= 11 is 0. The highest BCUT2D eigenvalue weighted by atomic mass is 16.6. The summed E-state index contributed by atoms with van der Waals surface area (Å²) < 4.78 is 11.4. The molecule has 0 radical (unpaired) electrons. The van der Waals surface area contributed by atoms with Gasteiger partial charge in [0.25, 0.3) is 5.69 Å². The lowest BCUT2D eigenvalue weighted by molar-refractivity contribution is -0.385. The van der Waals surface area contributed by atoms with Crippen LogP contribution in [-0.2, 0) is 0 Å². The minimum atomic E-state index is -0.626. The summed E-state index contributed by atoms with van der Waals surface area (Å²) in [4.78, 5) is 10.7. The summed E-state index contributed by atoms with van der Waals surface area (Å²) in [7, 11) is 0. The van der Waals surface area contributed by atoms with E-state index in [-0.39, 0.29) is 17.0 Å². The van der Waals surface area contributed by atoms with Crippen molar-refractivity contribution in [3.63, 3.8) is 0 Å². The normalized spacial score (nSPS) is 11.2. The van der Waals surface area contributed by atoms with Crippen molar-refractivity contribution in [3.05, 3.63) is 80.7 Å². The van der Waals surface area contributed by atoms with Crippen LogP contribution in [0.3, 0.4) is 0 Å². The number of rotatable bonds is 4. The number of nitro groups is 1. The van der Waals surface area contributed by atoms with Gasteiger partial charge in [0, 0.05) is 12.1 Å². The smallest absolute Gasteiger partial charge is 0.269 e. The zero-order valence-electron chi connectivity index (χ0n) is 13.5. The third-order valence-corrected chi connectivity index (χ3v) is 3.90. The quantitative estimate of drug-likeness (QED) is 0.534. The molecule has 0 spiro atoms. The molecule has 0 unspecified atom stereocenters. The molecule has 2 aromatic heterocycles. The molecule has 0 atom stereocenters. The second-order valence-corrected chi connectivity index (χ2v) is 5.77. The highest BCUT2D eigenvalue weighted by molar-refractivity contribution is 5.53. The fourth-order valence-electron chi connectivity index (χ4n) is 2.77. The van der Waals surface area contributed by atoms with Crippen LogP contribution in [0.1, 0.15) is 40.1 Å². The molecule has 3 rings (SSSR count). The van der Waals surface area contributed by atoms with E-state index >= 15 is 0 Å². The van der Waals surface area contributed by atoms with Gasteiger partial charge in [-0.25, -0.2) is 0 Å². The van der Waals surface area contributed by atoms with Gasteiger partial charge in [-0.1, -0.05) is 5.56 Å². The van der Waals surface area contributed by atoms with Crippen LogP contribution in [0.2, 0.25) is 0 Å². The van der Waals surface area contributed by atoms with Crippen molar-refractivity contribution >= 4 is 5.69 Å². The first-order valence-corrected chi connectivity index (χ1v) is 7.45. The molecular weight excluding hydrogens is 310 g/mol. The molecule has 0 saturated carbocycles. The largest absolute Gasteiger partial charge is 0.872 e. The van der Waals surface area contributed by atoms with Gasteiger partial charge in [-0.05, 0) is 50.6 Å². The molecule has 6 nitrogen and oxygen atoms in total. The molecule has 3 aromatic rings. The third-order valence-electron chi connectivity index (χ3n) is 3.90. The van der Waals surface area contributed by atoms with Crippen molar-refractivity contribution in [2.45, 2.75) is 26.7 Å². The van der Waals surface area contributed by atoms with Gasteiger partial charge in [-0.3, -0.25) is 10.1 Å². The van der Waals surface area contributed by atoms with Crippen LogP contribution in [0, 0.1) is 30.9 Å². The van der Waals surface area contributed by atoms with E-state index < -0.39 is 10.8 Å². The molecule has 0 aliphatic carbocycles. The first kappa shape index (κ1) is 15.9. The standard InChI is InChI=1S/C18H17NO5/c1-10-8-13(19(21)22)9-14(18(10)20)17(15-6-4-11(2)23-15)16-7-5-12(3)24-16/h4-9,17,20H,1-3H3/p-1. The van der Waals surface area contributed by atoms with Gasteiger partial charge < -0.3 is 13.9 Å².